The van der Waals surface area contributed by atoms with E-state index in [4.69, 9.17) is 0 Å². The highest BCUT2D eigenvalue weighted by atomic mass is 32.2. The van der Waals surface area contributed by atoms with Gasteiger partial charge in [0.2, 0.25) is 15.9 Å². The third-order valence-corrected chi connectivity index (χ3v) is 5.85. The summed E-state index contributed by atoms with van der Waals surface area (Å²) in [4.78, 5) is 16.3. The molecule has 1 aromatic carbocycles. The van der Waals surface area contributed by atoms with Gasteiger partial charge in [-0.2, -0.15) is 0 Å². The highest BCUT2D eigenvalue weighted by molar-refractivity contribution is 7.88. The molecule has 1 atom stereocenters. The molecule has 1 fully saturated rings. The second kappa shape index (κ2) is 8.25. The largest absolute Gasteiger partial charge is 0.340 e. The molecule has 0 aliphatic carbocycles. The van der Waals surface area contributed by atoms with Gasteiger partial charge in [0.15, 0.2) is 0 Å². The van der Waals surface area contributed by atoms with Crippen LogP contribution >= 0.6 is 0 Å². The molecule has 140 valence electrons. The molecule has 25 heavy (non-hydrogen) atoms. The first-order chi connectivity index (χ1) is 11.7. The Balaban J connectivity index is 1.96. The van der Waals surface area contributed by atoms with E-state index < -0.39 is 10.0 Å². The van der Waals surface area contributed by atoms with Crippen LogP contribution in [0.15, 0.2) is 24.3 Å². The van der Waals surface area contributed by atoms with E-state index in [0.29, 0.717) is 39.1 Å². The van der Waals surface area contributed by atoms with Gasteiger partial charge < -0.3 is 4.90 Å². The number of likely N-dealkylation sites (N-methyl/N-ethyl adjacent to an activating group) is 1. The van der Waals surface area contributed by atoms with Crippen molar-refractivity contribution in [2.75, 3.05) is 39.5 Å². The monoisotopic (exact) mass is 371 g/mol. The Bertz CT molecular complexity index is 711. The predicted octanol–water partition coefficient (Wildman–Crippen LogP) is 1.14. The molecule has 0 spiro atoms. The van der Waals surface area contributed by atoms with E-state index in [1.54, 1.807) is 24.1 Å². The Morgan fingerprint density at radius 3 is 2.64 bits per heavy atom. The Morgan fingerprint density at radius 2 is 2.00 bits per heavy atom. The van der Waals surface area contributed by atoms with Gasteiger partial charge in [-0.25, -0.2) is 17.1 Å². The van der Waals surface area contributed by atoms with Gasteiger partial charge in [0.1, 0.15) is 5.82 Å². The van der Waals surface area contributed by atoms with E-state index in [1.807, 2.05) is 11.8 Å². The van der Waals surface area contributed by atoms with Gasteiger partial charge in [0.25, 0.3) is 0 Å². The zero-order valence-electron chi connectivity index (χ0n) is 15.0. The topological polar surface area (TPSA) is 60.9 Å². The van der Waals surface area contributed by atoms with E-state index >= 15 is 0 Å². The highest BCUT2D eigenvalue weighted by Crippen LogP contribution is 2.13. The van der Waals surface area contributed by atoms with Crippen molar-refractivity contribution in [3.63, 3.8) is 0 Å². The van der Waals surface area contributed by atoms with E-state index in [2.05, 4.69) is 0 Å². The molecule has 1 aliphatic rings. The smallest absolute Gasteiger partial charge is 0.239 e. The number of carbonyl (C=O) groups is 1. The number of amides is 1. The summed E-state index contributed by atoms with van der Waals surface area (Å²) >= 11 is 0. The molecule has 1 aromatic rings. The number of rotatable bonds is 5. The second-order valence-electron chi connectivity index (χ2n) is 6.55. The van der Waals surface area contributed by atoms with Crippen LogP contribution < -0.4 is 0 Å². The van der Waals surface area contributed by atoms with Crippen LogP contribution in [-0.2, 0) is 21.4 Å². The van der Waals surface area contributed by atoms with Gasteiger partial charge in [-0.05, 0) is 31.0 Å². The first kappa shape index (κ1) is 19.8. The Morgan fingerprint density at radius 1 is 1.28 bits per heavy atom. The maximum Gasteiger partial charge on any atom is 0.239 e. The fraction of sp³-hybridized carbons (Fsp3) is 0.588. The third-order valence-electron chi connectivity index (χ3n) is 4.55. The van der Waals surface area contributed by atoms with E-state index in [0.717, 1.165) is 5.56 Å². The lowest BCUT2D eigenvalue weighted by atomic mass is 10.2. The van der Waals surface area contributed by atoms with E-state index in [-0.39, 0.29) is 17.8 Å². The van der Waals surface area contributed by atoms with Crippen molar-refractivity contribution in [3.05, 3.63) is 35.6 Å². The van der Waals surface area contributed by atoms with Gasteiger partial charge >= 0.3 is 0 Å². The fourth-order valence-corrected chi connectivity index (χ4v) is 3.97. The van der Waals surface area contributed by atoms with Crippen LogP contribution in [0, 0.1) is 5.82 Å². The second-order valence-corrected chi connectivity index (χ2v) is 8.53. The summed E-state index contributed by atoms with van der Waals surface area (Å²) in [6.07, 6.45) is 1.91. The molecule has 1 saturated heterocycles. The zero-order valence-corrected chi connectivity index (χ0v) is 15.8. The van der Waals surface area contributed by atoms with Crippen molar-refractivity contribution in [2.45, 2.75) is 25.9 Å². The maximum atomic E-state index is 13.3. The van der Waals surface area contributed by atoms with E-state index in [1.165, 1.54) is 22.7 Å². The first-order valence-corrected chi connectivity index (χ1v) is 10.2. The van der Waals surface area contributed by atoms with Crippen molar-refractivity contribution in [3.8, 4) is 0 Å². The standard InChI is InChI=1S/C17H26FN3O3S/c1-14(20-8-5-9-21(11-10-20)25(3,23)24)17(22)19(2)13-15-6-4-7-16(18)12-15/h4,6-7,12,14H,5,8-11,13H2,1-3H3/t14-/m0/s1. The summed E-state index contributed by atoms with van der Waals surface area (Å²) < 4.78 is 38.1. The summed E-state index contributed by atoms with van der Waals surface area (Å²) in [5.74, 6) is -0.378. The zero-order chi connectivity index (χ0) is 18.6. The van der Waals surface area contributed by atoms with Crippen molar-refractivity contribution in [1.82, 2.24) is 14.1 Å². The molecular weight excluding hydrogens is 345 g/mol. The number of sulfonamides is 1. The molecule has 0 unspecified atom stereocenters. The SMILES string of the molecule is C[C@@H](C(=O)N(C)Cc1cccc(F)c1)N1CCCN(S(C)(=O)=O)CC1. The molecule has 0 saturated carbocycles. The summed E-state index contributed by atoms with van der Waals surface area (Å²) in [6.45, 7) is 4.24. The Labute approximate surface area is 149 Å². The number of nitrogens with zero attached hydrogens (tertiary/aromatic N) is 3. The number of hydrogen-bond donors (Lipinski definition) is 0. The molecule has 0 N–H and O–H groups in total. The minimum absolute atomic E-state index is 0.0583. The molecule has 1 amide bonds. The van der Waals surface area contributed by atoms with Gasteiger partial charge in [0, 0.05) is 39.8 Å². The molecule has 0 bridgehead atoms. The summed E-state index contributed by atoms with van der Waals surface area (Å²) in [6, 6.07) is 5.86. The normalized spacial score (nSPS) is 18.6. The summed E-state index contributed by atoms with van der Waals surface area (Å²) in [7, 11) is -1.51. The lowest BCUT2D eigenvalue weighted by Crippen LogP contribution is -2.47. The lowest BCUT2D eigenvalue weighted by molar-refractivity contribution is -0.135. The van der Waals surface area contributed by atoms with Crippen LogP contribution in [0.2, 0.25) is 0 Å². The third kappa shape index (κ3) is 5.49. The van der Waals surface area contributed by atoms with Gasteiger partial charge in [0.05, 0.1) is 12.3 Å². The van der Waals surface area contributed by atoms with Gasteiger partial charge in [-0.1, -0.05) is 12.1 Å². The quantitative estimate of drug-likeness (QED) is 0.779. The van der Waals surface area contributed by atoms with E-state index in [9.17, 15) is 17.6 Å². The number of hydrogen-bond acceptors (Lipinski definition) is 4. The number of carbonyl (C=O) groups excluding carboxylic acids is 1. The maximum absolute atomic E-state index is 13.3. The fourth-order valence-electron chi connectivity index (χ4n) is 3.09. The van der Waals surface area contributed by atoms with Crippen LogP contribution in [-0.4, -0.2) is 74.0 Å². The first-order valence-electron chi connectivity index (χ1n) is 8.37. The lowest BCUT2D eigenvalue weighted by Gasteiger charge is -2.30. The molecule has 1 heterocycles. The average Bonchev–Trinajstić information content (AvgIpc) is 2.79. The number of benzene rings is 1. The van der Waals surface area contributed by atoms with Crippen LogP contribution in [0.1, 0.15) is 18.9 Å². The average molecular weight is 371 g/mol. The van der Waals surface area contributed by atoms with Crippen LogP contribution in [0.25, 0.3) is 0 Å². The van der Waals surface area contributed by atoms with Crippen molar-refractivity contribution in [2.24, 2.45) is 0 Å². The summed E-state index contributed by atoms with van der Waals surface area (Å²) in [5.41, 5.74) is 0.738. The van der Waals surface area contributed by atoms with Gasteiger partial charge in [-0.3, -0.25) is 9.69 Å². The molecule has 2 rings (SSSR count). The minimum atomic E-state index is -3.20. The highest BCUT2D eigenvalue weighted by Gasteiger charge is 2.28. The van der Waals surface area contributed by atoms with Crippen molar-refractivity contribution in [1.29, 1.82) is 0 Å². The molecule has 6 nitrogen and oxygen atoms in total. The van der Waals surface area contributed by atoms with Crippen LogP contribution in [0.4, 0.5) is 4.39 Å². The minimum Gasteiger partial charge on any atom is -0.340 e. The molecule has 0 radical (unpaired) electrons. The van der Waals surface area contributed by atoms with Gasteiger partial charge in [-0.15, -0.1) is 0 Å². The molecular formula is C17H26FN3O3S. The Kier molecular flexibility index (Phi) is 6.53. The Hall–Kier alpha value is -1.51. The van der Waals surface area contributed by atoms with Crippen molar-refractivity contribution >= 4 is 15.9 Å². The summed E-state index contributed by atoms with van der Waals surface area (Å²) in [5, 5.41) is 0. The predicted molar refractivity (Wildman–Crippen MR) is 94.9 cm³/mol. The van der Waals surface area contributed by atoms with Crippen LogP contribution in [0.5, 0.6) is 0 Å². The number of halogens is 1. The molecule has 1 aliphatic heterocycles. The van der Waals surface area contributed by atoms with Crippen LogP contribution in [0.3, 0.4) is 0 Å². The van der Waals surface area contributed by atoms with Crippen molar-refractivity contribution < 1.29 is 17.6 Å². The molecule has 8 heteroatoms. The molecule has 0 aromatic heterocycles.